The average Bonchev–Trinajstić information content (AvgIpc) is 2.50. The van der Waals surface area contributed by atoms with E-state index in [1.165, 1.54) is 11.8 Å². The number of hydrogen-bond donors (Lipinski definition) is 3. The van der Waals surface area contributed by atoms with Gasteiger partial charge >= 0.3 is 0 Å². The monoisotopic (exact) mass is 311 g/mol. The van der Waals surface area contributed by atoms with E-state index < -0.39 is 12.0 Å². The summed E-state index contributed by atoms with van der Waals surface area (Å²) in [7, 11) is 0. The maximum absolute atomic E-state index is 9.65. The highest BCUT2D eigenvalue weighted by atomic mass is 32.2. The van der Waals surface area contributed by atoms with Gasteiger partial charge in [-0.05, 0) is 30.2 Å². The Morgan fingerprint density at radius 3 is 2.55 bits per heavy atom. The van der Waals surface area contributed by atoms with E-state index in [1.54, 1.807) is 37.3 Å². The fourth-order valence-electron chi connectivity index (χ4n) is 2.03. The first-order valence-corrected chi connectivity index (χ1v) is 7.63. The van der Waals surface area contributed by atoms with Crippen LogP contribution in [0.2, 0.25) is 0 Å². The Morgan fingerprint density at radius 2 is 1.91 bits per heavy atom. The molecule has 2 unspecified atom stereocenters. The zero-order chi connectivity index (χ0) is 16.1. The summed E-state index contributed by atoms with van der Waals surface area (Å²) in [6, 6.07) is 16.6. The average molecular weight is 311 g/mol. The van der Waals surface area contributed by atoms with Crippen molar-refractivity contribution in [3.63, 3.8) is 0 Å². The van der Waals surface area contributed by atoms with Crippen LogP contribution < -0.4 is 5.73 Å². The van der Waals surface area contributed by atoms with Gasteiger partial charge in [-0.2, -0.15) is 5.26 Å². The molecule has 0 bridgehead atoms. The lowest BCUT2D eigenvalue weighted by Crippen LogP contribution is -2.07. The first-order chi connectivity index (χ1) is 10.5. The number of nitriles is 1. The second-order valence-electron chi connectivity index (χ2n) is 4.91. The standard InChI is InChI=1S/C17H17N3OS/c1-11(21)12-5-4-6-13(9-12)14(10-18)17(20)22-16-8-3-2-7-15(16)19/h2-9,11,14,20-21H,19H2,1H3. The van der Waals surface area contributed by atoms with Crippen LogP contribution in [-0.4, -0.2) is 10.2 Å². The van der Waals surface area contributed by atoms with E-state index in [0.717, 1.165) is 10.5 Å². The Kier molecular flexibility index (Phi) is 5.21. The minimum absolute atomic E-state index is 0.211. The highest BCUT2D eigenvalue weighted by Crippen LogP contribution is 2.32. The van der Waals surface area contributed by atoms with Crippen molar-refractivity contribution in [2.45, 2.75) is 23.8 Å². The molecule has 0 aliphatic carbocycles. The van der Waals surface area contributed by atoms with Gasteiger partial charge < -0.3 is 10.8 Å². The molecule has 0 heterocycles. The molecule has 2 atom stereocenters. The van der Waals surface area contributed by atoms with Gasteiger partial charge in [0.1, 0.15) is 5.92 Å². The molecule has 0 amide bonds. The van der Waals surface area contributed by atoms with Gasteiger partial charge in [0.25, 0.3) is 0 Å². The molecule has 2 aromatic rings. The number of nitrogen functional groups attached to an aromatic ring is 1. The van der Waals surface area contributed by atoms with E-state index in [0.29, 0.717) is 11.3 Å². The lowest BCUT2D eigenvalue weighted by Gasteiger charge is -2.14. The molecule has 5 heteroatoms. The molecule has 0 aliphatic heterocycles. The molecule has 0 radical (unpaired) electrons. The number of benzene rings is 2. The van der Waals surface area contributed by atoms with Gasteiger partial charge in [-0.15, -0.1) is 0 Å². The molecule has 0 aliphatic rings. The number of para-hydroxylation sites is 1. The van der Waals surface area contributed by atoms with Gasteiger partial charge in [-0.1, -0.05) is 48.2 Å². The number of nitrogens with two attached hydrogens (primary N) is 1. The summed E-state index contributed by atoms with van der Waals surface area (Å²) < 4.78 is 0. The smallest absolute Gasteiger partial charge is 0.119 e. The molecular weight excluding hydrogens is 294 g/mol. The van der Waals surface area contributed by atoms with E-state index in [-0.39, 0.29) is 5.04 Å². The fraction of sp³-hybridized carbons (Fsp3) is 0.176. The van der Waals surface area contributed by atoms with Crippen LogP contribution in [0, 0.1) is 16.7 Å². The van der Waals surface area contributed by atoms with Crippen LogP contribution in [0.5, 0.6) is 0 Å². The number of anilines is 1. The predicted molar refractivity (Wildman–Crippen MR) is 89.9 cm³/mol. The van der Waals surface area contributed by atoms with Crippen molar-refractivity contribution in [1.82, 2.24) is 0 Å². The van der Waals surface area contributed by atoms with Crippen molar-refractivity contribution in [3.8, 4) is 6.07 Å². The lowest BCUT2D eigenvalue weighted by atomic mass is 9.98. The second-order valence-corrected chi connectivity index (χ2v) is 6.00. The number of aliphatic hydroxyl groups is 1. The summed E-state index contributed by atoms with van der Waals surface area (Å²) >= 11 is 1.19. The third-order valence-corrected chi connectivity index (χ3v) is 4.30. The predicted octanol–water partition coefficient (Wildman–Crippen LogP) is 3.70. The molecule has 2 aromatic carbocycles. The zero-order valence-electron chi connectivity index (χ0n) is 12.2. The van der Waals surface area contributed by atoms with Crippen LogP contribution in [0.25, 0.3) is 0 Å². The van der Waals surface area contributed by atoms with Crippen molar-refractivity contribution >= 4 is 22.5 Å². The number of thioether (sulfide) groups is 1. The molecule has 4 N–H and O–H groups in total. The fourth-order valence-corrected chi connectivity index (χ4v) is 2.91. The molecule has 22 heavy (non-hydrogen) atoms. The van der Waals surface area contributed by atoms with Gasteiger partial charge in [0, 0.05) is 10.6 Å². The first kappa shape index (κ1) is 16.1. The third-order valence-electron chi connectivity index (χ3n) is 3.26. The molecule has 112 valence electrons. The SMILES string of the molecule is CC(O)c1cccc(C(C#N)C(=N)Sc2ccccc2N)c1. The van der Waals surface area contributed by atoms with E-state index in [2.05, 4.69) is 6.07 Å². The number of nitrogens with zero attached hydrogens (tertiary/aromatic N) is 1. The molecule has 0 spiro atoms. The van der Waals surface area contributed by atoms with Crippen LogP contribution in [0.4, 0.5) is 5.69 Å². The molecule has 0 fully saturated rings. The van der Waals surface area contributed by atoms with Gasteiger partial charge in [-0.25, -0.2) is 0 Å². The molecule has 4 nitrogen and oxygen atoms in total. The van der Waals surface area contributed by atoms with Crippen molar-refractivity contribution in [3.05, 3.63) is 59.7 Å². The molecule has 0 aromatic heterocycles. The summed E-state index contributed by atoms with van der Waals surface area (Å²) in [5, 5.41) is 27.5. The minimum atomic E-state index is -0.677. The van der Waals surface area contributed by atoms with Gasteiger partial charge in [0.2, 0.25) is 0 Å². The van der Waals surface area contributed by atoms with Crippen molar-refractivity contribution in [1.29, 1.82) is 10.7 Å². The Labute approximate surface area is 134 Å². The summed E-state index contributed by atoms with van der Waals surface area (Å²) in [5.74, 6) is -0.677. The molecule has 0 saturated carbocycles. The summed E-state index contributed by atoms with van der Waals surface area (Å²) in [6.45, 7) is 1.67. The second kappa shape index (κ2) is 7.12. The van der Waals surface area contributed by atoms with Gasteiger partial charge in [-0.3, -0.25) is 5.41 Å². The highest BCUT2D eigenvalue weighted by Gasteiger charge is 2.19. The van der Waals surface area contributed by atoms with Gasteiger partial charge in [0.05, 0.1) is 17.2 Å². The van der Waals surface area contributed by atoms with Crippen molar-refractivity contribution in [2.24, 2.45) is 0 Å². The van der Waals surface area contributed by atoms with Crippen LogP contribution in [0.15, 0.2) is 53.4 Å². The Balaban J connectivity index is 2.25. The van der Waals surface area contributed by atoms with E-state index in [1.807, 2.05) is 18.2 Å². The third kappa shape index (κ3) is 3.67. The summed E-state index contributed by atoms with van der Waals surface area (Å²) in [6.07, 6.45) is -0.606. The maximum atomic E-state index is 9.65. The quantitative estimate of drug-likeness (QED) is 0.347. The largest absolute Gasteiger partial charge is 0.398 e. The lowest BCUT2D eigenvalue weighted by molar-refractivity contribution is 0.199. The zero-order valence-corrected chi connectivity index (χ0v) is 13.0. The molecule has 0 saturated heterocycles. The number of hydrogen-bond acceptors (Lipinski definition) is 5. The van der Waals surface area contributed by atoms with E-state index in [9.17, 15) is 10.4 Å². The normalized spacial score (nSPS) is 13.1. The summed E-state index contributed by atoms with van der Waals surface area (Å²) in [4.78, 5) is 0.763. The van der Waals surface area contributed by atoms with Crippen LogP contribution in [0.1, 0.15) is 30.1 Å². The minimum Gasteiger partial charge on any atom is -0.398 e. The van der Waals surface area contributed by atoms with E-state index in [4.69, 9.17) is 11.1 Å². The van der Waals surface area contributed by atoms with Crippen LogP contribution in [-0.2, 0) is 0 Å². The number of nitrogens with one attached hydrogen (secondary N) is 1. The van der Waals surface area contributed by atoms with Gasteiger partial charge in [0.15, 0.2) is 0 Å². The van der Waals surface area contributed by atoms with Crippen LogP contribution >= 0.6 is 11.8 Å². The van der Waals surface area contributed by atoms with Crippen molar-refractivity contribution in [2.75, 3.05) is 5.73 Å². The number of aliphatic hydroxyl groups excluding tert-OH is 1. The Hall–Kier alpha value is -2.29. The Morgan fingerprint density at radius 1 is 1.23 bits per heavy atom. The molecular formula is C17H17N3OS. The topological polar surface area (TPSA) is 93.9 Å². The Bertz CT molecular complexity index is 722. The van der Waals surface area contributed by atoms with Crippen LogP contribution in [0.3, 0.4) is 0 Å². The maximum Gasteiger partial charge on any atom is 0.119 e. The summed E-state index contributed by atoms with van der Waals surface area (Å²) in [5.41, 5.74) is 7.90. The van der Waals surface area contributed by atoms with Crippen molar-refractivity contribution < 1.29 is 5.11 Å². The number of rotatable bonds is 4. The molecule has 2 rings (SSSR count). The van der Waals surface area contributed by atoms with E-state index >= 15 is 0 Å². The highest BCUT2D eigenvalue weighted by molar-refractivity contribution is 8.14. The first-order valence-electron chi connectivity index (χ1n) is 6.81.